The molecule has 0 radical (unpaired) electrons. The van der Waals surface area contributed by atoms with Gasteiger partial charge in [-0.3, -0.25) is 24.0 Å². The van der Waals surface area contributed by atoms with Crippen LogP contribution < -0.4 is 10.6 Å². The normalized spacial score (nSPS) is 18.3. The Bertz CT molecular complexity index is 837. The minimum Gasteiger partial charge on any atom is -0.349 e. The first kappa shape index (κ1) is 34.6. The molecule has 4 amide bonds. The van der Waals surface area contributed by atoms with Crippen LogP contribution in [0.3, 0.4) is 0 Å². The summed E-state index contributed by atoms with van der Waals surface area (Å²) in [4.78, 5) is 66.0. The van der Waals surface area contributed by atoms with Crippen LogP contribution in [0.15, 0.2) is 0 Å². The Morgan fingerprint density at radius 3 is 1.64 bits per heavy atom. The van der Waals surface area contributed by atoms with E-state index in [4.69, 9.17) is 0 Å². The SMILES string of the molecule is CC(=O)C(C)CC(CC(CC(C)C(=O)N(C)C)C(=O)NCNC(=O)C(C)CC(C)C(=O)N(C)C)C1CCCC1. The van der Waals surface area contributed by atoms with Crippen LogP contribution in [0.2, 0.25) is 0 Å². The van der Waals surface area contributed by atoms with Gasteiger partial charge in [0.05, 0.1) is 6.67 Å². The summed E-state index contributed by atoms with van der Waals surface area (Å²) >= 11 is 0. The fourth-order valence-corrected chi connectivity index (χ4v) is 5.89. The number of amides is 4. The molecule has 0 aromatic carbocycles. The summed E-state index contributed by atoms with van der Waals surface area (Å²) in [5, 5.41) is 5.65. The van der Waals surface area contributed by atoms with Crippen LogP contribution >= 0.6 is 0 Å². The minimum absolute atomic E-state index is 0.0114. The van der Waals surface area contributed by atoms with E-state index in [1.807, 2.05) is 20.8 Å². The Kier molecular flexibility index (Phi) is 14.7. The molecule has 0 spiro atoms. The summed E-state index contributed by atoms with van der Waals surface area (Å²) in [6, 6.07) is 0. The molecule has 0 aromatic rings. The van der Waals surface area contributed by atoms with Crippen molar-refractivity contribution in [3.05, 3.63) is 0 Å². The Balaban J connectivity index is 2.90. The molecule has 0 aromatic heterocycles. The second-order valence-corrected chi connectivity index (χ2v) is 12.4. The van der Waals surface area contributed by atoms with Gasteiger partial charge in [-0.05, 0) is 44.4 Å². The number of Topliss-reactive ketones (excluding diaryl/α,β-unsaturated/α-hetero) is 1. The lowest BCUT2D eigenvalue weighted by Crippen LogP contribution is -2.43. The maximum Gasteiger partial charge on any atom is 0.224 e. The van der Waals surface area contributed by atoms with Crippen LogP contribution in [0.5, 0.6) is 0 Å². The first-order valence-corrected chi connectivity index (χ1v) is 14.6. The van der Waals surface area contributed by atoms with Gasteiger partial charge in [0.25, 0.3) is 0 Å². The Morgan fingerprint density at radius 2 is 1.15 bits per heavy atom. The molecule has 6 atom stereocenters. The zero-order valence-electron chi connectivity index (χ0n) is 25.8. The second kappa shape index (κ2) is 16.6. The van der Waals surface area contributed by atoms with E-state index < -0.39 is 5.92 Å². The van der Waals surface area contributed by atoms with Crippen molar-refractivity contribution >= 4 is 29.4 Å². The quantitative estimate of drug-likeness (QED) is 0.286. The summed E-state index contributed by atoms with van der Waals surface area (Å²) in [7, 11) is 6.82. The highest BCUT2D eigenvalue weighted by atomic mass is 16.2. The molecule has 0 aliphatic heterocycles. The highest BCUT2D eigenvalue weighted by molar-refractivity contribution is 5.83. The molecule has 1 rings (SSSR count). The molecule has 9 heteroatoms. The molecule has 224 valence electrons. The van der Waals surface area contributed by atoms with Gasteiger partial charge in [-0.2, -0.15) is 0 Å². The Morgan fingerprint density at radius 1 is 0.667 bits per heavy atom. The zero-order valence-corrected chi connectivity index (χ0v) is 25.8. The maximum absolute atomic E-state index is 13.4. The molecule has 1 aliphatic carbocycles. The zero-order chi connectivity index (χ0) is 29.9. The molecular formula is C30H54N4O5. The average Bonchev–Trinajstić information content (AvgIpc) is 3.41. The first-order valence-electron chi connectivity index (χ1n) is 14.6. The molecule has 39 heavy (non-hydrogen) atoms. The maximum atomic E-state index is 13.4. The molecule has 9 nitrogen and oxygen atoms in total. The van der Waals surface area contributed by atoms with Crippen LogP contribution in [-0.4, -0.2) is 74.1 Å². The third-order valence-electron chi connectivity index (χ3n) is 8.42. The molecule has 1 aliphatic rings. The summed E-state index contributed by atoms with van der Waals surface area (Å²) in [5.41, 5.74) is 0. The van der Waals surface area contributed by atoms with Crippen molar-refractivity contribution < 1.29 is 24.0 Å². The topological polar surface area (TPSA) is 116 Å². The number of ketones is 1. The van der Waals surface area contributed by atoms with Gasteiger partial charge in [-0.1, -0.05) is 53.4 Å². The van der Waals surface area contributed by atoms with Gasteiger partial charge in [0.1, 0.15) is 5.78 Å². The molecule has 6 unspecified atom stereocenters. The number of rotatable bonds is 16. The number of nitrogens with zero attached hydrogens (tertiary/aromatic N) is 2. The number of carbonyl (C=O) groups is 5. The van der Waals surface area contributed by atoms with Gasteiger partial charge in [0, 0.05) is 57.8 Å². The average molecular weight is 551 g/mol. The van der Waals surface area contributed by atoms with Crippen molar-refractivity contribution in [1.29, 1.82) is 0 Å². The smallest absolute Gasteiger partial charge is 0.224 e. The van der Waals surface area contributed by atoms with Crippen molar-refractivity contribution in [2.75, 3.05) is 34.9 Å². The third-order valence-corrected chi connectivity index (χ3v) is 8.42. The highest BCUT2D eigenvalue weighted by Crippen LogP contribution is 2.39. The number of nitrogens with one attached hydrogen (secondary N) is 2. The molecule has 0 heterocycles. The molecule has 1 saturated carbocycles. The van der Waals surface area contributed by atoms with Crippen LogP contribution in [0.4, 0.5) is 0 Å². The van der Waals surface area contributed by atoms with E-state index >= 15 is 0 Å². The van der Waals surface area contributed by atoms with E-state index in [1.54, 1.807) is 46.9 Å². The van der Waals surface area contributed by atoms with Crippen molar-refractivity contribution in [1.82, 2.24) is 20.4 Å². The summed E-state index contributed by atoms with van der Waals surface area (Å²) in [6.07, 6.45) is 6.76. The molecule has 0 bridgehead atoms. The van der Waals surface area contributed by atoms with Gasteiger partial charge < -0.3 is 20.4 Å². The summed E-state index contributed by atoms with van der Waals surface area (Å²) in [6.45, 7) is 9.01. The Hall–Kier alpha value is -2.45. The molecule has 2 N–H and O–H groups in total. The monoisotopic (exact) mass is 550 g/mol. The van der Waals surface area contributed by atoms with Crippen LogP contribution in [0.25, 0.3) is 0 Å². The fraction of sp³-hybridized carbons (Fsp3) is 0.833. The lowest BCUT2D eigenvalue weighted by Gasteiger charge is -2.30. The standard InChI is InChI=1S/C30H54N4O5/c1-19(23(5)35)15-25(24-12-10-11-13-24)17-26(16-22(4)30(39)34(8)9)28(37)32-18-31-27(36)20(2)14-21(3)29(38)33(6)7/h19-22,24-26H,10-18H2,1-9H3,(H,31,36)(H,32,37). The van der Waals surface area contributed by atoms with Gasteiger partial charge in [0.15, 0.2) is 0 Å². The van der Waals surface area contributed by atoms with Crippen LogP contribution in [0, 0.1) is 41.4 Å². The van der Waals surface area contributed by atoms with E-state index in [0.717, 1.165) is 19.3 Å². The van der Waals surface area contributed by atoms with Crippen molar-refractivity contribution in [2.24, 2.45) is 41.4 Å². The number of hydrogen-bond acceptors (Lipinski definition) is 5. The van der Waals surface area contributed by atoms with E-state index in [1.165, 1.54) is 17.7 Å². The minimum atomic E-state index is -0.402. The van der Waals surface area contributed by atoms with Crippen molar-refractivity contribution in [3.8, 4) is 0 Å². The number of hydrogen-bond donors (Lipinski definition) is 2. The highest BCUT2D eigenvalue weighted by Gasteiger charge is 2.34. The van der Waals surface area contributed by atoms with Gasteiger partial charge in [0.2, 0.25) is 23.6 Å². The van der Waals surface area contributed by atoms with Crippen molar-refractivity contribution in [3.63, 3.8) is 0 Å². The van der Waals surface area contributed by atoms with E-state index in [9.17, 15) is 24.0 Å². The lowest BCUT2D eigenvalue weighted by atomic mass is 9.75. The third kappa shape index (κ3) is 11.7. The largest absolute Gasteiger partial charge is 0.349 e. The van der Waals surface area contributed by atoms with Crippen molar-refractivity contribution in [2.45, 2.75) is 86.0 Å². The molecule has 0 saturated heterocycles. The fourth-order valence-electron chi connectivity index (χ4n) is 5.89. The van der Waals surface area contributed by atoms with Gasteiger partial charge in [-0.15, -0.1) is 0 Å². The van der Waals surface area contributed by atoms with E-state index in [0.29, 0.717) is 25.2 Å². The van der Waals surface area contributed by atoms with E-state index in [2.05, 4.69) is 10.6 Å². The first-order chi connectivity index (χ1) is 18.1. The Labute approximate surface area is 236 Å². The second-order valence-electron chi connectivity index (χ2n) is 12.4. The lowest BCUT2D eigenvalue weighted by molar-refractivity contribution is -0.134. The number of carbonyl (C=O) groups excluding carboxylic acids is 5. The predicted octanol–water partition coefficient (Wildman–Crippen LogP) is 3.47. The van der Waals surface area contributed by atoms with Crippen LogP contribution in [0.1, 0.15) is 86.0 Å². The summed E-state index contributed by atoms with van der Waals surface area (Å²) < 4.78 is 0. The summed E-state index contributed by atoms with van der Waals surface area (Å²) in [5.74, 6) is -1.03. The van der Waals surface area contributed by atoms with Crippen LogP contribution in [-0.2, 0) is 24.0 Å². The van der Waals surface area contributed by atoms with Gasteiger partial charge in [-0.25, -0.2) is 0 Å². The van der Waals surface area contributed by atoms with Gasteiger partial charge >= 0.3 is 0 Å². The van der Waals surface area contributed by atoms with E-state index in [-0.39, 0.29) is 65.7 Å². The molecular weight excluding hydrogens is 496 g/mol. The molecule has 1 fully saturated rings. The predicted molar refractivity (Wildman–Crippen MR) is 153 cm³/mol.